The van der Waals surface area contributed by atoms with Crippen molar-refractivity contribution in [2.24, 2.45) is 0 Å². The van der Waals surface area contributed by atoms with Gasteiger partial charge in [-0.05, 0) is 33.4 Å². The summed E-state index contributed by atoms with van der Waals surface area (Å²) >= 11 is 1.88. The van der Waals surface area contributed by atoms with Crippen LogP contribution >= 0.6 is 11.9 Å². The molecule has 0 fully saturated rings. The van der Waals surface area contributed by atoms with Crippen molar-refractivity contribution < 1.29 is 0 Å². The molecule has 0 bridgehead atoms. The van der Waals surface area contributed by atoms with Gasteiger partial charge in [0.1, 0.15) is 0 Å². The van der Waals surface area contributed by atoms with E-state index >= 15 is 0 Å². The van der Waals surface area contributed by atoms with Gasteiger partial charge in [0.25, 0.3) is 0 Å². The average molecular weight is 209 g/mol. The van der Waals surface area contributed by atoms with Crippen LogP contribution in [-0.4, -0.2) is 16.1 Å². The lowest BCUT2D eigenvalue weighted by Crippen LogP contribution is -2.19. The molecule has 2 heteroatoms. The Bertz CT molecular complexity index is 263. The highest BCUT2D eigenvalue weighted by molar-refractivity contribution is 7.98. The third kappa shape index (κ3) is 4.68. The van der Waals surface area contributed by atoms with E-state index in [1.54, 1.807) is 0 Å². The van der Waals surface area contributed by atoms with Crippen LogP contribution in [0.15, 0.2) is 30.3 Å². The Labute approximate surface area is 91.6 Å². The van der Waals surface area contributed by atoms with Crippen molar-refractivity contribution in [3.05, 3.63) is 35.9 Å². The second-order valence-electron chi connectivity index (χ2n) is 4.48. The molecular formula is C12H19NS. The molecule has 0 saturated carbocycles. The molecule has 0 aliphatic heterocycles. The first-order chi connectivity index (χ1) is 6.47. The van der Waals surface area contributed by atoms with Crippen LogP contribution < -0.4 is 0 Å². The molecule has 14 heavy (non-hydrogen) atoms. The second-order valence-corrected chi connectivity index (χ2v) is 6.51. The molecule has 0 unspecified atom stereocenters. The third-order valence-electron chi connectivity index (χ3n) is 1.68. The predicted octanol–water partition coefficient (Wildman–Crippen LogP) is 3.57. The normalized spacial score (nSPS) is 12.1. The molecule has 0 heterocycles. The van der Waals surface area contributed by atoms with Crippen molar-refractivity contribution in [3.8, 4) is 0 Å². The molecule has 0 aliphatic rings. The topological polar surface area (TPSA) is 3.24 Å². The number of hydrogen-bond acceptors (Lipinski definition) is 2. The van der Waals surface area contributed by atoms with Gasteiger partial charge in [0.05, 0.1) is 0 Å². The number of hydrogen-bond donors (Lipinski definition) is 0. The standard InChI is InChI=1S/C12H19NS/c1-12(2,3)14-13(4)10-11-8-6-5-7-9-11/h5-9H,10H2,1-4H3. The minimum absolute atomic E-state index is 0.295. The zero-order chi connectivity index (χ0) is 10.6. The SMILES string of the molecule is CN(Cc1ccccc1)SC(C)(C)C. The molecule has 78 valence electrons. The lowest BCUT2D eigenvalue weighted by molar-refractivity contribution is 0.550. The largest absolute Gasteiger partial charge is 0.249 e. The summed E-state index contributed by atoms with van der Waals surface area (Å²) in [7, 11) is 2.14. The summed E-state index contributed by atoms with van der Waals surface area (Å²) in [5.41, 5.74) is 1.37. The Kier molecular flexibility index (Phi) is 4.02. The van der Waals surface area contributed by atoms with Gasteiger partial charge >= 0.3 is 0 Å². The van der Waals surface area contributed by atoms with Gasteiger partial charge in [-0.15, -0.1) is 0 Å². The molecule has 0 aliphatic carbocycles. The number of rotatable bonds is 3. The van der Waals surface area contributed by atoms with E-state index in [9.17, 15) is 0 Å². The van der Waals surface area contributed by atoms with Gasteiger partial charge < -0.3 is 0 Å². The molecule has 1 aromatic carbocycles. The minimum Gasteiger partial charge on any atom is -0.249 e. The van der Waals surface area contributed by atoms with Crippen molar-refractivity contribution in [2.75, 3.05) is 7.05 Å². The zero-order valence-corrected chi connectivity index (χ0v) is 10.3. The first-order valence-corrected chi connectivity index (χ1v) is 5.69. The number of nitrogens with zero attached hydrogens (tertiary/aromatic N) is 1. The Morgan fingerprint density at radius 1 is 1.14 bits per heavy atom. The maximum absolute atomic E-state index is 2.29. The quantitative estimate of drug-likeness (QED) is 0.700. The zero-order valence-electron chi connectivity index (χ0n) is 9.45. The van der Waals surface area contributed by atoms with Gasteiger partial charge in [-0.3, -0.25) is 0 Å². The Morgan fingerprint density at radius 3 is 2.21 bits per heavy atom. The summed E-state index contributed by atoms with van der Waals surface area (Å²) in [6, 6.07) is 10.6. The average Bonchev–Trinajstić information content (AvgIpc) is 2.02. The van der Waals surface area contributed by atoms with Crippen molar-refractivity contribution in [1.29, 1.82) is 0 Å². The molecule has 0 aromatic heterocycles. The second kappa shape index (κ2) is 4.85. The van der Waals surface area contributed by atoms with E-state index in [0.717, 1.165) is 6.54 Å². The molecule has 0 saturated heterocycles. The maximum atomic E-state index is 2.29. The monoisotopic (exact) mass is 209 g/mol. The Balaban J connectivity index is 2.46. The smallest absolute Gasteiger partial charge is 0.0337 e. The van der Waals surface area contributed by atoms with Crippen molar-refractivity contribution in [1.82, 2.24) is 4.31 Å². The highest BCUT2D eigenvalue weighted by Crippen LogP contribution is 2.27. The lowest BCUT2D eigenvalue weighted by atomic mass is 10.2. The van der Waals surface area contributed by atoms with Crippen LogP contribution in [0.1, 0.15) is 26.3 Å². The maximum Gasteiger partial charge on any atom is 0.0337 e. The third-order valence-corrected chi connectivity index (χ3v) is 2.67. The van der Waals surface area contributed by atoms with Crippen LogP contribution in [0.3, 0.4) is 0 Å². The van der Waals surface area contributed by atoms with Crippen LogP contribution in [0, 0.1) is 0 Å². The molecule has 1 nitrogen and oxygen atoms in total. The van der Waals surface area contributed by atoms with Crippen LogP contribution in [0.25, 0.3) is 0 Å². The molecule has 1 rings (SSSR count). The van der Waals surface area contributed by atoms with E-state index in [2.05, 4.69) is 62.5 Å². The van der Waals surface area contributed by atoms with Crippen LogP contribution in [-0.2, 0) is 6.54 Å². The van der Waals surface area contributed by atoms with E-state index in [1.807, 2.05) is 11.9 Å². The van der Waals surface area contributed by atoms with Crippen molar-refractivity contribution in [2.45, 2.75) is 32.1 Å². The Morgan fingerprint density at radius 2 is 1.71 bits per heavy atom. The van der Waals surface area contributed by atoms with Crippen LogP contribution in [0.2, 0.25) is 0 Å². The minimum atomic E-state index is 0.295. The molecule has 0 N–H and O–H groups in total. The van der Waals surface area contributed by atoms with Gasteiger partial charge in [-0.25, -0.2) is 4.31 Å². The fourth-order valence-corrected chi connectivity index (χ4v) is 2.49. The molecule has 0 atom stereocenters. The summed E-state index contributed by atoms with van der Waals surface area (Å²) in [4.78, 5) is 0. The highest BCUT2D eigenvalue weighted by Gasteiger charge is 2.14. The van der Waals surface area contributed by atoms with Gasteiger partial charge in [0.15, 0.2) is 0 Å². The van der Waals surface area contributed by atoms with E-state index in [4.69, 9.17) is 0 Å². The highest BCUT2D eigenvalue weighted by atomic mass is 32.2. The Hall–Kier alpha value is -0.470. The van der Waals surface area contributed by atoms with Gasteiger partial charge in [0.2, 0.25) is 0 Å². The summed E-state index contributed by atoms with van der Waals surface area (Å²) in [5, 5.41) is 0. The van der Waals surface area contributed by atoms with Crippen LogP contribution in [0.4, 0.5) is 0 Å². The predicted molar refractivity (Wildman–Crippen MR) is 65.3 cm³/mol. The fraction of sp³-hybridized carbons (Fsp3) is 0.500. The van der Waals surface area contributed by atoms with E-state index < -0.39 is 0 Å². The van der Waals surface area contributed by atoms with Crippen molar-refractivity contribution >= 4 is 11.9 Å². The van der Waals surface area contributed by atoms with E-state index in [1.165, 1.54) is 5.56 Å². The summed E-state index contributed by atoms with van der Waals surface area (Å²) in [6.45, 7) is 7.71. The van der Waals surface area contributed by atoms with Gasteiger partial charge in [0, 0.05) is 11.3 Å². The fourth-order valence-electron chi connectivity index (χ4n) is 1.34. The summed E-state index contributed by atoms with van der Waals surface area (Å²) in [5.74, 6) is 0. The lowest BCUT2D eigenvalue weighted by Gasteiger charge is -2.25. The van der Waals surface area contributed by atoms with E-state index in [-0.39, 0.29) is 0 Å². The molecular weight excluding hydrogens is 190 g/mol. The molecule has 0 spiro atoms. The van der Waals surface area contributed by atoms with Crippen LogP contribution in [0.5, 0.6) is 0 Å². The van der Waals surface area contributed by atoms with E-state index in [0.29, 0.717) is 4.75 Å². The summed E-state index contributed by atoms with van der Waals surface area (Å²) < 4.78 is 2.58. The molecule has 0 amide bonds. The van der Waals surface area contributed by atoms with Gasteiger partial charge in [-0.1, -0.05) is 42.3 Å². The molecule has 0 radical (unpaired) electrons. The number of benzene rings is 1. The molecule has 1 aromatic rings. The van der Waals surface area contributed by atoms with Gasteiger partial charge in [-0.2, -0.15) is 0 Å². The first kappa shape index (κ1) is 11.6. The summed E-state index contributed by atoms with van der Waals surface area (Å²) in [6.07, 6.45) is 0. The van der Waals surface area contributed by atoms with Crippen molar-refractivity contribution in [3.63, 3.8) is 0 Å². The first-order valence-electron chi connectivity index (χ1n) is 4.91.